The van der Waals surface area contributed by atoms with Gasteiger partial charge in [-0.2, -0.15) is 0 Å². The van der Waals surface area contributed by atoms with Gasteiger partial charge in [0.1, 0.15) is 11.6 Å². The van der Waals surface area contributed by atoms with Gasteiger partial charge in [-0.15, -0.1) is 0 Å². The topological polar surface area (TPSA) is 96.7 Å². The number of anilines is 1. The Morgan fingerprint density at radius 1 is 1.47 bits per heavy atom. The second-order valence-corrected chi connectivity index (χ2v) is 3.60. The fourth-order valence-electron chi connectivity index (χ4n) is 1.51. The molecule has 1 amide bonds. The summed E-state index contributed by atoms with van der Waals surface area (Å²) < 4.78 is 0. The molecule has 6 heteroatoms. The molecule has 1 atom stereocenters. The second kappa shape index (κ2) is 4.65. The molecule has 2 aromatic rings. The summed E-state index contributed by atoms with van der Waals surface area (Å²) in [7, 11) is 0. The summed E-state index contributed by atoms with van der Waals surface area (Å²) in [6.45, 7) is 1.91. The SMILES string of the molecule is CC(Nc1ncccc1C(N)=O)c1ncc[nH]1. The number of nitrogens with one attached hydrogen (secondary N) is 2. The number of nitrogens with two attached hydrogens (primary N) is 1. The lowest BCUT2D eigenvalue weighted by atomic mass is 10.2. The zero-order valence-electron chi connectivity index (χ0n) is 9.34. The molecule has 4 N–H and O–H groups in total. The highest BCUT2D eigenvalue weighted by molar-refractivity contribution is 5.97. The molecule has 17 heavy (non-hydrogen) atoms. The van der Waals surface area contributed by atoms with E-state index >= 15 is 0 Å². The zero-order chi connectivity index (χ0) is 12.3. The highest BCUT2D eigenvalue weighted by Gasteiger charge is 2.13. The van der Waals surface area contributed by atoms with Crippen molar-refractivity contribution in [2.45, 2.75) is 13.0 Å². The Bertz CT molecular complexity index is 508. The summed E-state index contributed by atoms with van der Waals surface area (Å²) in [5, 5.41) is 3.09. The van der Waals surface area contributed by atoms with Crippen LogP contribution in [0.1, 0.15) is 29.1 Å². The van der Waals surface area contributed by atoms with Gasteiger partial charge in [-0.1, -0.05) is 0 Å². The van der Waals surface area contributed by atoms with Crippen molar-refractivity contribution in [1.82, 2.24) is 15.0 Å². The molecule has 0 spiro atoms. The molecule has 2 aromatic heterocycles. The van der Waals surface area contributed by atoms with Crippen LogP contribution in [0.5, 0.6) is 0 Å². The Labute approximate surface area is 98.3 Å². The number of hydrogen-bond donors (Lipinski definition) is 3. The van der Waals surface area contributed by atoms with Crippen LogP contribution in [0.2, 0.25) is 0 Å². The molecule has 0 aliphatic carbocycles. The minimum absolute atomic E-state index is 0.0852. The van der Waals surface area contributed by atoms with Crippen LogP contribution in [-0.2, 0) is 0 Å². The smallest absolute Gasteiger partial charge is 0.252 e. The molecule has 0 aromatic carbocycles. The van der Waals surface area contributed by atoms with E-state index in [2.05, 4.69) is 20.3 Å². The van der Waals surface area contributed by atoms with E-state index in [4.69, 9.17) is 5.73 Å². The van der Waals surface area contributed by atoms with Crippen LogP contribution in [0.4, 0.5) is 5.82 Å². The normalized spacial score (nSPS) is 12.1. The third kappa shape index (κ3) is 2.41. The molecule has 0 radical (unpaired) electrons. The van der Waals surface area contributed by atoms with E-state index in [1.807, 2.05) is 6.92 Å². The number of carbonyl (C=O) groups is 1. The standard InChI is InChI=1S/C11H13N5O/c1-7(10-14-5-6-15-10)16-11-8(9(12)17)3-2-4-13-11/h2-7H,1H3,(H2,12,17)(H,13,16)(H,14,15). The van der Waals surface area contributed by atoms with Crippen molar-refractivity contribution < 1.29 is 4.79 Å². The van der Waals surface area contributed by atoms with Gasteiger partial charge in [-0.25, -0.2) is 9.97 Å². The molecular formula is C11H13N5O. The number of imidazole rings is 1. The van der Waals surface area contributed by atoms with Crippen LogP contribution in [-0.4, -0.2) is 20.9 Å². The van der Waals surface area contributed by atoms with Crippen LogP contribution < -0.4 is 11.1 Å². The predicted molar refractivity (Wildman–Crippen MR) is 63.4 cm³/mol. The maximum Gasteiger partial charge on any atom is 0.252 e. The number of rotatable bonds is 4. The van der Waals surface area contributed by atoms with E-state index in [-0.39, 0.29) is 6.04 Å². The first-order chi connectivity index (χ1) is 8.18. The minimum Gasteiger partial charge on any atom is -0.365 e. The molecule has 0 aliphatic rings. The number of H-pyrrole nitrogens is 1. The number of amides is 1. The minimum atomic E-state index is -0.507. The van der Waals surface area contributed by atoms with Crippen molar-refractivity contribution >= 4 is 11.7 Å². The number of nitrogens with zero attached hydrogens (tertiary/aromatic N) is 2. The van der Waals surface area contributed by atoms with Crippen molar-refractivity contribution in [1.29, 1.82) is 0 Å². The Morgan fingerprint density at radius 2 is 2.29 bits per heavy atom. The monoisotopic (exact) mass is 231 g/mol. The van der Waals surface area contributed by atoms with E-state index < -0.39 is 5.91 Å². The number of carbonyl (C=O) groups excluding carboxylic acids is 1. The van der Waals surface area contributed by atoms with Gasteiger partial charge in [0, 0.05) is 18.6 Å². The lowest BCUT2D eigenvalue weighted by molar-refractivity contribution is 0.100. The van der Waals surface area contributed by atoms with Gasteiger partial charge in [0.2, 0.25) is 0 Å². The Kier molecular flexibility index (Phi) is 3.04. The summed E-state index contributed by atoms with van der Waals surface area (Å²) in [4.78, 5) is 22.4. The summed E-state index contributed by atoms with van der Waals surface area (Å²) in [5.41, 5.74) is 5.63. The first-order valence-corrected chi connectivity index (χ1v) is 5.19. The average molecular weight is 231 g/mol. The van der Waals surface area contributed by atoms with E-state index in [1.165, 1.54) is 0 Å². The second-order valence-electron chi connectivity index (χ2n) is 3.60. The van der Waals surface area contributed by atoms with Gasteiger partial charge in [0.15, 0.2) is 0 Å². The summed E-state index contributed by atoms with van der Waals surface area (Å²) in [6.07, 6.45) is 5.01. The van der Waals surface area contributed by atoms with E-state index in [9.17, 15) is 4.79 Å². The molecule has 2 heterocycles. The lowest BCUT2D eigenvalue weighted by Gasteiger charge is -2.13. The molecule has 0 saturated heterocycles. The van der Waals surface area contributed by atoms with E-state index in [0.717, 1.165) is 5.82 Å². The molecule has 0 fully saturated rings. The quantitative estimate of drug-likeness (QED) is 0.733. The van der Waals surface area contributed by atoms with Crippen molar-refractivity contribution in [2.24, 2.45) is 5.73 Å². The van der Waals surface area contributed by atoms with E-state index in [1.54, 1.807) is 30.7 Å². The van der Waals surface area contributed by atoms with Crippen LogP contribution in [0.15, 0.2) is 30.7 Å². The molecule has 0 aliphatic heterocycles. The van der Waals surface area contributed by atoms with Gasteiger partial charge >= 0.3 is 0 Å². The molecule has 6 nitrogen and oxygen atoms in total. The first-order valence-electron chi connectivity index (χ1n) is 5.19. The maximum absolute atomic E-state index is 11.2. The summed E-state index contributed by atoms with van der Waals surface area (Å²) in [5.74, 6) is 0.724. The van der Waals surface area contributed by atoms with Crippen molar-refractivity contribution in [2.75, 3.05) is 5.32 Å². The average Bonchev–Trinajstić information content (AvgIpc) is 2.83. The zero-order valence-corrected chi connectivity index (χ0v) is 9.34. The van der Waals surface area contributed by atoms with E-state index in [0.29, 0.717) is 11.4 Å². The van der Waals surface area contributed by atoms with Crippen molar-refractivity contribution in [3.63, 3.8) is 0 Å². The lowest BCUT2D eigenvalue weighted by Crippen LogP contribution is -2.17. The maximum atomic E-state index is 11.2. The number of pyridine rings is 1. The van der Waals surface area contributed by atoms with Gasteiger partial charge in [0.25, 0.3) is 5.91 Å². The fourth-order valence-corrected chi connectivity index (χ4v) is 1.51. The predicted octanol–water partition coefficient (Wildman–Crippen LogP) is 1.08. The van der Waals surface area contributed by atoms with Gasteiger partial charge in [-0.3, -0.25) is 4.79 Å². The highest BCUT2D eigenvalue weighted by atomic mass is 16.1. The first kappa shape index (κ1) is 11.1. The molecule has 88 valence electrons. The molecule has 2 rings (SSSR count). The van der Waals surface area contributed by atoms with Crippen LogP contribution in [0.25, 0.3) is 0 Å². The van der Waals surface area contributed by atoms with Gasteiger partial charge in [-0.05, 0) is 19.1 Å². The number of hydrogen-bond acceptors (Lipinski definition) is 4. The Morgan fingerprint density at radius 3 is 2.94 bits per heavy atom. The van der Waals surface area contributed by atoms with Crippen molar-refractivity contribution in [3.8, 4) is 0 Å². The van der Waals surface area contributed by atoms with Crippen LogP contribution >= 0.6 is 0 Å². The third-order valence-electron chi connectivity index (χ3n) is 2.36. The van der Waals surface area contributed by atoms with Crippen molar-refractivity contribution in [3.05, 3.63) is 42.1 Å². The van der Waals surface area contributed by atoms with Gasteiger partial charge < -0.3 is 16.0 Å². The molecule has 0 saturated carbocycles. The summed E-state index contributed by atoms with van der Waals surface area (Å²) in [6, 6.07) is 3.22. The number of aromatic nitrogens is 3. The molecular weight excluding hydrogens is 218 g/mol. The largest absolute Gasteiger partial charge is 0.365 e. The van der Waals surface area contributed by atoms with Gasteiger partial charge in [0.05, 0.1) is 11.6 Å². The number of primary amides is 1. The highest BCUT2D eigenvalue weighted by Crippen LogP contribution is 2.17. The summed E-state index contributed by atoms with van der Waals surface area (Å²) >= 11 is 0. The number of aromatic amines is 1. The van der Waals surface area contributed by atoms with Crippen LogP contribution in [0, 0.1) is 0 Å². The Hall–Kier alpha value is -2.37. The molecule has 1 unspecified atom stereocenters. The van der Waals surface area contributed by atoms with Crippen LogP contribution in [0.3, 0.4) is 0 Å². The third-order valence-corrected chi connectivity index (χ3v) is 2.36. The fraction of sp³-hybridized carbons (Fsp3) is 0.182. The molecule has 0 bridgehead atoms. The Balaban J connectivity index is 2.21.